The molecule has 4 nitrogen and oxygen atoms in total. The molecule has 7 heteroatoms. The van der Waals surface area contributed by atoms with Crippen molar-refractivity contribution in [3.8, 4) is 11.4 Å². The lowest BCUT2D eigenvalue weighted by Gasteiger charge is -2.10. The number of amides is 1. The maximum absolute atomic E-state index is 12.6. The molecule has 0 bridgehead atoms. The first kappa shape index (κ1) is 30.7. The quantitative estimate of drug-likeness (QED) is 0.216. The minimum atomic E-state index is -2.50. The molecular weight excluding hydrogens is 524 g/mol. The maximum Gasteiger partial charge on any atom is 0.251 e. The molecule has 210 valence electrons. The first-order valence-corrected chi connectivity index (χ1v) is 14.4. The van der Waals surface area contributed by atoms with Gasteiger partial charge in [-0.1, -0.05) is 68.4 Å². The molecule has 0 fully saturated rings. The van der Waals surface area contributed by atoms with Crippen LogP contribution in [-0.4, -0.2) is 27.9 Å². The number of benzene rings is 3. The minimum Gasteiger partial charge on any atom is -0.352 e. The maximum atomic E-state index is 12.6. The number of thiophene rings is 1. The van der Waals surface area contributed by atoms with Crippen molar-refractivity contribution >= 4 is 28.3 Å². The van der Waals surface area contributed by atoms with Crippen molar-refractivity contribution in [2.24, 2.45) is 0 Å². The van der Waals surface area contributed by atoms with E-state index in [1.54, 1.807) is 11.3 Å². The molecule has 2 heterocycles. The van der Waals surface area contributed by atoms with Crippen LogP contribution in [0.5, 0.6) is 0 Å². The Morgan fingerprint density at radius 3 is 2.17 bits per heavy atom. The van der Waals surface area contributed by atoms with Crippen molar-refractivity contribution in [3.63, 3.8) is 0 Å². The molecule has 0 saturated carbocycles. The molecule has 1 amide bonds. The third-order valence-corrected chi connectivity index (χ3v) is 6.93. The summed E-state index contributed by atoms with van der Waals surface area (Å²) in [5.41, 5.74) is 6.23. The van der Waals surface area contributed by atoms with E-state index in [9.17, 15) is 13.6 Å². The number of nitrogens with zero attached hydrogens (tertiary/aromatic N) is 2. The Balaban J connectivity index is 0.000000570. The van der Waals surface area contributed by atoms with E-state index in [0.717, 1.165) is 49.2 Å². The van der Waals surface area contributed by atoms with Gasteiger partial charge in [-0.3, -0.25) is 4.79 Å². The zero-order valence-electron chi connectivity index (χ0n) is 23.7. The van der Waals surface area contributed by atoms with E-state index in [-0.39, 0.29) is 5.91 Å². The predicted molar refractivity (Wildman–Crippen MR) is 163 cm³/mol. The number of alkyl halides is 2. The fourth-order valence-electron chi connectivity index (χ4n) is 4.04. The highest BCUT2D eigenvalue weighted by atomic mass is 32.1. The summed E-state index contributed by atoms with van der Waals surface area (Å²) < 4.78 is 24.3. The molecule has 0 unspecified atom stereocenters. The van der Waals surface area contributed by atoms with Crippen molar-refractivity contribution in [1.82, 2.24) is 14.9 Å². The standard InChI is InChI=1S/C28H25N3OS.C3H6F2.C2H6/c1-20-16-18-33-26(20)15-17-29-28(32)23-13-11-22(12-14-23)27-30-24-9-5-6-10-25(24)31(27)19-21-7-3-2-4-8-21;1-3(2,4)5;1-2/h2-14,16,18H,15,17,19H2,1H3,(H,29,32);1-2H3;1-2H3. The van der Waals surface area contributed by atoms with Crippen LogP contribution in [-0.2, 0) is 13.0 Å². The molecule has 5 aromatic rings. The highest BCUT2D eigenvalue weighted by molar-refractivity contribution is 7.10. The summed E-state index contributed by atoms with van der Waals surface area (Å²) in [6, 6.07) is 28.5. The lowest BCUT2D eigenvalue weighted by atomic mass is 10.1. The van der Waals surface area contributed by atoms with Gasteiger partial charge in [-0.25, -0.2) is 13.8 Å². The summed E-state index contributed by atoms with van der Waals surface area (Å²) in [5, 5.41) is 5.13. The summed E-state index contributed by atoms with van der Waals surface area (Å²) in [4.78, 5) is 18.9. The molecule has 0 saturated heterocycles. The zero-order valence-corrected chi connectivity index (χ0v) is 24.6. The van der Waals surface area contributed by atoms with Gasteiger partial charge in [0.15, 0.2) is 0 Å². The van der Waals surface area contributed by atoms with Crippen molar-refractivity contribution < 1.29 is 13.6 Å². The normalized spacial score (nSPS) is 10.8. The molecular formula is C33H37F2N3OS. The first-order chi connectivity index (χ1) is 19.2. The number of fused-ring (bicyclic) bond motifs is 1. The van der Waals surface area contributed by atoms with Crippen LogP contribution in [0.1, 0.15) is 54.1 Å². The molecule has 0 spiro atoms. The molecule has 3 aromatic carbocycles. The molecule has 5 rings (SSSR count). The number of nitrogens with one attached hydrogen (secondary N) is 1. The summed E-state index contributed by atoms with van der Waals surface area (Å²) in [6.45, 7) is 9.19. The van der Waals surface area contributed by atoms with Crippen molar-refractivity contribution in [2.75, 3.05) is 6.54 Å². The van der Waals surface area contributed by atoms with Gasteiger partial charge in [-0.05, 0) is 74.0 Å². The van der Waals surface area contributed by atoms with E-state index in [2.05, 4.69) is 58.6 Å². The highest BCUT2D eigenvalue weighted by Crippen LogP contribution is 2.26. The fraction of sp³-hybridized carbons (Fsp3) is 0.273. The Labute approximate surface area is 239 Å². The molecule has 2 aromatic heterocycles. The minimum absolute atomic E-state index is 0.0476. The SMILES string of the molecule is CC.CC(C)(F)F.Cc1ccsc1CCNC(=O)c1ccc(-c2nc3ccccc3n2Cc2ccccc2)cc1. The number of para-hydroxylation sites is 2. The second-order valence-electron chi connectivity index (χ2n) is 9.43. The van der Waals surface area contributed by atoms with Crippen LogP contribution < -0.4 is 5.32 Å². The second-order valence-corrected chi connectivity index (χ2v) is 10.4. The van der Waals surface area contributed by atoms with Crippen LogP contribution >= 0.6 is 11.3 Å². The second kappa shape index (κ2) is 14.5. The fourth-order valence-corrected chi connectivity index (χ4v) is 4.95. The van der Waals surface area contributed by atoms with Crippen molar-refractivity contribution in [1.29, 1.82) is 0 Å². The monoisotopic (exact) mass is 561 g/mol. The van der Waals surface area contributed by atoms with E-state index in [0.29, 0.717) is 12.1 Å². The van der Waals surface area contributed by atoms with E-state index >= 15 is 0 Å². The number of hydrogen-bond donors (Lipinski definition) is 1. The van der Waals surface area contributed by atoms with Crippen LogP contribution in [0.4, 0.5) is 8.78 Å². The van der Waals surface area contributed by atoms with Gasteiger partial charge in [-0.2, -0.15) is 0 Å². The first-order valence-electron chi connectivity index (χ1n) is 13.5. The van der Waals surface area contributed by atoms with Crippen LogP contribution in [0.3, 0.4) is 0 Å². The molecule has 0 atom stereocenters. The summed E-state index contributed by atoms with van der Waals surface area (Å²) in [6.07, 6.45) is 0.858. The number of halogens is 2. The number of imidazole rings is 1. The van der Waals surface area contributed by atoms with Crippen LogP contribution in [0.2, 0.25) is 0 Å². The lowest BCUT2D eigenvalue weighted by molar-refractivity contribution is 0.0437. The van der Waals surface area contributed by atoms with E-state index in [4.69, 9.17) is 4.98 Å². The van der Waals surface area contributed by atoms with Gasteiger partial charge < -0.3 is 9.88 Å². The molecule has 40 heavy (non-hydrogen) atoms. The third kappa shape index (κ3) is 8.85. The number of carbonyl (C=O) groups is 1. The van der Waals surface area contributed by atoms with Gasteiger partial charge >= 0.3 is 0 Å². The Bertz CT molecular complexity index is 1480. The highest BCUT2D eigenvalue weighted by Gasteiger charge is 2.14. The largest absolute Gasteiger partial charge is 0.352 e. The zero-order chi connectivity index (χ0) is 29.1. The molecule has 1 N–H and O–H groups in total. The summed E-state index contributed by atoms with van der Waals surface area (Å²) in [7, 11) is 0. The van der Waals surface area contributed by atoms with Gasteiger partial charge in [0, 0.05) is 29.1 Å². The average molecular weight is 562 g/mol. The van der Waals surface area contributed by atoms with Crippen molar-refractivity contribution in [3.05, 3.63) is 112 Å². The van der Waals surface area contributed by atoms with Crippen molar-refractivity contribution in [2.45, 2.75) is 53.5 Å². The Kier molecular flexibility index (Phi) is 11.1. The summed E-state index contributed by atoms with van der Waals surface area (Å²) >= 11 is 1.74. The number of hydrogen-bond acceptors (Lipinski definition) is 3. The van der Waals surface area contributed by atoms with E-state index < -0.39 is 5.92 Å². The van der Waals surface area contributed by atoms with Crippen LogP contribution in [0.15, 0.2) is 90.3 Å². The molecule has 0 radical (unpaired) electrons. The van der Waals surface area contributed by atoms with Crippen LogP contribution in [0.25, 0.3) is 22.4 Å². The Morgan fingerprint density at radius 1 is 0.925 bits per heavy atom. The number of aromatic nitrogens is 2. The van der Waals surface area contributed by atoms with E-state index in [1.165, 1.54) is 16.0 Å². The number of carbonyl (C=O) groups excluding carboxylic acids is 1. The topological polar surface area (TPSA) is 46.9 Å². The van der Waals surface area contributed by atoms with Gasteiger partial charge in [0.25, 0.3) is 5.91 Å². The Morgan fingerprint density at radius 2 is 1.55 bits per heavy atom. The smallest absolute Gasteiger partial charge is 0.251 e. The predicted octanol–water partition coefficient (Wildman–Crippen LogP) is 8.78. The number of rotatable bonds is 7. The third-order valence-electron chi connectivity index (χ3n) is 5.85. The van der Waals surface area contributed by atoms with Gasteiger partial charge in [0.05, 0.1) is 11.0 Å². The van der Waals surface area contributed by atoms with Crippen LogP contribution in [0, 0.1) is 6.92 Å². The Hall–Kier alpha value is -3.84. The van der Waals surface area contributed by atoms with Gasteiger partial charge in [0.1, 0.15) is 5.82 Å². The molecule has 0 aliphatic carbocycles. The lowest BCUT2D eigenvalue weighted by Crippen LogP contribution is -2.25. The molecule has 0 aliphatic rings. The summed E-state index contributed by atoms with van der Waals surface area (Å²) in [5.74, 6) is -1.64. The van der Waals surface area contributed by atoms with E-state index in [1.807, 2.05) is 62.4 Å². The van der Waals surface area contributed by atoms with Gasteiger partial charge in [-0.15, -0.1) is 11.3 Å². The number of aryl methyl sites for hydroxylation is 1. The molecule has 0 aliphatic heterocycles. The average Bonchev–Trinajstić information content (AvgIpc) is 3.52. The van der Waals surface area contributed by atoms with Gasteiger partial charge in [0.2, 0.25) is 5.92 Å².